The third-order valence-electron chi connectivity index (χ3n) is 5.62. The van der Waals surface area contributed by atoms with Gasteiger partial charge in [0.25, 0.3) is 0 Å². The smallest absolute Gasteiger partial charge is 0.338 e. The van der Waals surface area contributed by atoms with Gasteiger partial charge in [0.1, 0.15) is 12.3 Å². The van der Waals surface area contributed by atoms with Crippen molar-refractivity contribution < 1.29 is 31.9 Å². The summed E-state index contributed by atoms with van der Waals surface area (Å²) < 4.78 is 48.2. The minimum atomic E-state index is -3.55. The summed E-state index contributed by atoms with van der Waals surface area (Å²) in [5, 5.41) is 3.95. The second-order valence-corrected chi connectivity index (χ2v) is 9.76. The lowest BCUT2D eigenvalue weighted by Gasteiger charge is -2.25. The molecule has 0 bridgehead atoms. The largest absolute Gasteiger partial charge is 0.493 e. The summed E-state index contributed by atoms with van der Waals surface area (Å²) in [7, 11) is -0.452. The first-order valence-corrected chi connectivity index (χ1v) is 12.3. The summed E-state index contributed by atoms with van der Waals surface area (Å²) in [5.74, 6) is 1.04. The monoisotopic (exact) mass is 486 g/mol. The van der Waals surface area contributed by atoms with Gasteiger partial charge in [-0.2, -0.15) is 4.31 Å². The van der Waals surface area contributed by atoms with Crippen molar-refractivity contribution in [1.82, 2.24) is 9.46 Å². The molecule has 4 rings (SSSR count). The van der Waals surface area contributed by atoms with Crippen LogP contribution in [0.25, 0.3) is 11.3 Å². The minimum Gasteiger partial charge on any atom is -0.493 e. The number of nitrogens with zero attached hydrogens (tertiary/aromatic N) is 2. The Kier molecular flexibility index (Phi) is 7.18. The lowest BCUT2D eigenvalue weighted by atomic mass is 10.1. The second kappa shape index (κ2) is 10.3. The molecule has 1 saturated heterocycles. The van der Waals surface area contributed by atoms with Crippen LogP contribution in [0.3, 0.4) is 0 Å². The van der Waals surface area contributed by atoms with Crippen LogP contribution in [-0.2, 0) is 21.4 Å². The van der Waals surface area contributed by atoms with E-state index in [9.17, 15) is 13.2 Å². The first-order chi connectivity index (χ1) is 16.4. The molecule has 1 aromatic heterocycles. The van der Waals surface area contributed by atoms with Crippen molar-refractivity contribution in [2.24, 2.45) is 0 Å². The summed E-state index contributed by atoms with van der Waals surface area (Å²) >= 11 is 0. The van der Waals surface area contributed by atoms with E-state index in [1.807, 2.05) is 0 Å². The highest BCUT2D eigenvalue weighted by Gasteiger charge is 2.26. The quantitative estimate of drug-likeness (QED) is 0.441. The normalized spacial score (nSPS) is 14.5. The van der Waals surface area contributed by atoms with Crippen LogP contribution in [-0.4, -0.2) is 51.2 Å². The van der Waals surface area contributed by atoms with Crippen molar-refractivity contribution >= 4 is 16.0 Å². The molecule has 0 amide bonds. The molecule has 0 aliphatic carbocycles. The van der Waals surface area contributed by atoms with E-state index >= 15 is 0 Å². The van der Waals surface area contributed by atoms with E-state index in [0.29, 0.717) is 36.0 Å². The minimum absolute atomic E-state index is 0.0938. The first-order valence-electron chi connectivity index (χ1n) is 10.9. The van der Waals surface area contributed by atoms with Crippen molar-refractivity contribution in [2.45, 2.75) is 30.8 Å². The van der Waals surface area contributed by atoms with Gasteiger partial charge >= 0.3 is 5.97 Å². The summed E-state index contributed by atoms with van der Waals surface area (Å²) in [6, 6.07) is 12.8. The van der Waals surface area contributed by atoms with E-state index in [1.54, 1.807) is 38.5 Å². The molecule has 1 fully saturated rings. The molecule has 0 spiro atoms. The van der Waals surface area contributed by atoms with Gasteiger partial charge in [0.05, 0.1) is 24.7 Å². The lowest BCUT2D eigenvalue weighted by Crippen LogP contribution is -2.35. The fourth-order valence-electron chi connectivity index (χ4n) is 3.75. The van der Waals surface area contributed by atoms with Crippen LogP contribution in [0.4, 0.5) is 0 Å². The lowest BCUT2D eigenvalue weighted by molar-refractivity contribution is 0.0464. The Morgan fingerprint density at radius 3 is 2.35 bits per heavy atom. The molecule has 10 heteroatoms. The molecule has 0 atom stereocenters. The highest BCUT2D eigenvalue weighted by Crippen LogP contribution is 2.32. The van der Waals surface area contributed by atoms with E-state index in [2.05, 4.69) is 5.16 Å². The van der Waals surface area contributed by atoms with Gasteiger partial charge in [-0.05, 0) is 55.3 Å². The number of piperidine rings is 1. The van der Waals surface area contributed by atoms with Crippen LogP contribution in [0.1, 0.15) is 35.3 Å². The molecule has 0 radical (unpaired) electrons. The predicted octanol–water partition coefficient (Wildman–Crippen LogP) is 3.89. The van der Waals surface area contributed by atoms with Gasteiger partial charge in [-0.25, -0.2) is 13.2 Å². The number of carbonyl (C=O) groups excluding carboxylic acids is 1. The highest BCUT2D eigenvalue weighted by atomic mass is 32.2. The number of carbonyl (C=O) groups is 1. The molecule has 2 aromatic carbocycles. The predicted molar refractivity (Wildman–Crippen MR) is 123 cm³/mol. The standard InChI is InChI=1S/C24H26N2O7S/c1-30-21-11-8-18(14-23(21)31-2)22-15-19(25-33-22)16-32-24(27)17-6-9-20(10-7-17)34(28,29)26-12-4-3-5-13-26/h6-11,14-15H,3-5,12-13,16H2,1-2H3. The molecule has 9 nitrogen and oxygen atoms in total. The van der Waals surface area contributed by atoms with Gasteiger partial charge in [0.15, 0.2) is 17.3 Å². The molecule has 0 saturated carbocycles. The zero-order valence-corrected chi connectivity index (χ0v) is 19.8. The van der Waals surface area contributed by atoms with Crippen molar-refractivity contribution in [3.8, 4) is 22.8 Å². The Bertz CT molecular complexity index is 1250. The van der Waals surface area contributed by atoms with E-state index in [-0.39, 0.29) is 17.1 Å². The van der Waals surface area contributed by atoms with Crippen LogP contribution in [0.2, 0.25) is 0 Å². The zero-order chi connectivity index (χ0) is 24.1. The van der Waals surface area contributed by atoms with Gasteiger partial charge in [-0.15, -0.1) is 0 Å². The summed E-state index contributed by atoms with van der Waals surface area (Å²) in [5.41, 5.74) is 1.41. The Balaban J connectivity index is 1.38. The third kappa shape index (κ3) is 5.07. The molecular weight excluding hydrogens is 460 g/mol. The Morgan fingerprint density at radius 1 is 0.971 bits per heavy atom. The number of benzene rings is 2. The topological polar surface area (TPSA) is 108 Å². The van der Waals surface area contributed by atoms with Crippen molar-refractivity contribution in [3.63, 3.8) is 0 Å². The third-order valence-corrected chi connectivity index (χ3v) is 7.53. The number of esters is 1. The maximum Gasteiger partial charge on any atom is 0.338 e. The molecule has 1 aliphatic rings. The zero-order valence-electron chi connectivity index (χ0n) is 19.0. The summed E-state index contributed by atoms with van der Waals surface area (Å²) in [4.78, 5) is 12.6. The van der Waals surface area contributed by atoms with Crippen LogP contribution in [0.15, 0.2) is 57.9 Å². The van der Waals surface area contributed by atoms with E-state index in [1.165, 1.54) is 28.6 Å². The molecule has 0 N–H and O–H groups in total. The van der Waals surface area contributed by atoms with E-state index in [4.69, 9.17) is 18.7 Å². The molecular formula is C24H26N2O7S. The average Bonchev–Trinajstić information content (AvgIpc) is 3.36. The van der Waals surface area contributed by atoms with Crippen LogP contribution in [0, 0.1) is 0 Å². The number of rotatable bonds is 8. The van der Waals surface area contributed by atoms with Gasteiger partial charge in [0, 0.05) is 24.7 Å². The number of methoxy groups -OCH3 is 2. The van der Waals surface area contributed by atoms with Gasteiger partial charge in [-0.1, -0.05) is 11.6 Å². The first kappa shape index (κ1) is 23.8. The molecule has 2 heterocycles. The summed E-state index contributed by atoms with van der Waals surface area (Å²) in [6.45, 7) is 0.952. The van der Waals surface area contributed by atoms with Crippen LogP contribution in [0.5, 0.6) is 11.5 Å². The second-order valence-electron chi connectivity index (χ2n) is 7.82. The fourth-order valence-corrected chi connectivity index (χ4v) is 5.26. The molecule has 180 valence electrons. The average molecular weight is 487 g/mol. The Hall–Kier alpha value is -3.37. The van der Waals surface area contributed by atoms with E-state index < -0.39 is 16.0 Å². The molecule has 1 aliphatic heterocycles. The van der Waals surface area contributed by atoms with Gasteiger partial charge in [0.2, 0.25) is 10.0 Å². The number of hydrogen-bond donors (Lipinski definition) is 0. The van der Waals surface area contributed by atoms with Gasteiger partial charge < -0.3 is 18.7 Å². The van der Waals surface area contributed by atoms with E-state index in [0.717, 1.165) is 24.8 Å². The maximum absolute atomic E-state index is 12.8. The van der Waals surface area contributed by atoms with Crippen molar-refractivity contribution in [1.29, 1.82) is 0 Å². The Morgan fingerprint density at radius 2 is 1.68 bits per heavy atom. The summed E-state index contributed by atoms with van der Waals surface area (Å²) in [6.07, 6.45) is 2.76. The molecule has 34 heavy (non-hydrogen) atoms. The fraction of sp³-hybridized carbons (Fsp3) is 0.333. The SMILES string of the molecule is COc1ccc(-c2cc(COC(=O)c3ccc(S(=O)(=O)N4CCCCC4)cc3)no2)cc1OC. The number of sulfonamides is 1. The number of hydrogen-bond acceptors (Lipinski definition) is 8. The molecule has 3 aromatic rings. The maximum atomic E-state index is 12.8. The van der Waals surface area contributed by atoms with Crippen molar-refractivity contribution in [2.75, 3.05) is 27.3 Å². The number of aromatic nitrogens is 1. The van der Waals surface area contributed by atoms with Crippen LogP contribution < -0.4 is 9.47 Å². The number of ether oxygens (including phenoxy) is 3. The van der Waals surface area contributed by atoms with Crippen molar-refractivity contribution in [3.05, 3.63) is 59.8 Å². The Labute approximate surface area is 198 Å². The molecule has 0 unspecified atom stereocenters. The van der Waals surface area contributed by atoms with Gasteiger partial charge in [-0.3, -0.25) is 0 Å². The highest BCUT2D eigenvalue weighted by molar-refractivity contribution is 7.89. The van der Waals surface area contributed by atoms with Crippen LogP contribution >= 0.6 is 0 Å².